The van der Waals surface area contributed by atoms with Gasteiger partial charge < -0.3 is 15.8 Å². The summed E-state index contributed by atoms with van der Waals surface area (Å²) in [6.45, 7) is 1.96. The maximum absolute atomic E-state index is 12.2. The van der Waals surface area contributed by atoms with E-state index in [9.17, 15) is 9.59 Å². The molecule has 1 amide bonds. The molecule has 112 valence electrons. The number of rotatable bonds is 4. The van der Waals surface area contributed by atoms with Gasteiger partial charge in [-0.3, -0.25) is 4.79 Å². The lowest BCUT2D eigenvalue weighted by molar-refractivity contribution is -0.149. The third-order valence-corrected chi connectivity index (χ3v) is 5.25. The van der Waals surface area contributed by atoms with Gasteiger partial charge in [0.25, 0.3) is 0 Å². The van der Waals surface area contributed by atoms with Crippen molar-refractivity contribution in [1.82, 2.24) is 5.32 Å². The summed E-state index contributed by atoms with van der Waals surface area (Å²) in [7, 11) is 0. The van der Waals surface area contributed by atoms with Crippen molar-refractivity contribution < 1.29 is 14.3 Å². The van der Waals surface area contributed by atoms with Gasteiger partial charge in [-0.05, 0) is 63.2 Å². The molecule has 0 saturated heterocycles. The van der Waals surface area contributed by atoms with Crippen LogP contribution in [0.2, 0.25) is 0 Å². The molecule has 4 fully saturated rings. The predicted molar refractivity (Wildman–Crippen MR) is 73.7 cm³/mol. The van der Waals surface area contributed by atoms with E-state index >= 15 is 0 Å². The molecule has 0 radical (unpaired) electrons. The molecule has 3 N–H and O–H groups in total. The quantitative estimate of drug-likeness (QED) is 0.593. The molecule has 4 bridgehead atoms. The summed E-state index contributed by atoms with van der Waals surface area (Å²) in [5, 5.41) is 3.10. The Kier molecular flexibility index (Phi) is 3.48. The number of nitrogens with two attached hydrogens (primary N) is 1. The second-order valence-electron chi connectivity index (χ2n) is 6.92. The summed E-state index contributed by atoms with van der Waals surface area (Å²) >= 11 is 0. The molecule has 0 aromatic heterocycles. The van der Waals surface area contributed by atoms with Crippen LogP contribution in [-0.2, 0) is 14.3 Å². The highest BCUT2D eigenvalue weighted by molar-refractivity contribution is 6.02. The van der Waals surface area contributed by atoms with E-state index in [1.807, 2.05) is 0 Å². The summed E-state index contributed by atoms with van der Waals surface area (Å²) in [5.74, 6) is 1.25. The molecule has 4 rings (SSSR count). The highest BCUT2D eigenvalue weighted by atomic mass is 16.5. The third kappa shape index (κ3) is 2.43. The molecular weight excluding hydrogens is 256 g/mol. The fraction of sp³-hybridized carbons (Fsp3) is 0.867. The highest BCUT2D eigenvalue weighted by Crippen LogP contribution is 2.55. The largest absolute Gasteiger partial charge is 0.464 e. The second kappa shape index (κ2) is 5.02. The molecule has 0 aliphatic heterocycles. The summed E-state index contributed by atoms with van der Waals surface area (Å²) in [5.41, 5.74) is 5.59. The van der Waals surface area contributed by atoms with Crippen molar-refractivity contribution in [2.24, 2.45) is 23.5 Å². The number of carbonyl (C=O) groups is 2. The van der Waals surface area contributed by atoms with Crippen molar-refractivity contribution in [1.29, 1.82) is 0 Å². The van der Waals surface area contributed by atoms with E-state index < -0.39 is 12.0 Å². The molecule has 5 nitrogen and oxygen atoms in total. The maximum Gasteiger partial charge on any atom is 0.332 e. The van der Waals surface area contributed by atoms with Crippen LogP contribution in [0.5, 0.6) is 0 Å². The molecule has 0 heterocycles. The number of nitrogens with one attached hydrogen (secondary N) is 1. The lowest BCUT2D eigenvalue weighted by Gasteiger charge is -2.57. The van der Waals surface area contributed by atoms with Gasteiger partial charge in [-0.1, -0.05) is 0 Å². The van der Waals surface area contributed by atoms with Gasteiger partial charge in [0.15, 0.2) is 6.04 Å². The summed E-state index contributed by atoms with van der Waals surface area (Å²) in [6, 6.07) is -1.19. The van der Waals surface area contributed by atoms with Gasteiger partial charge in [0, 0.05) is 5.54 Å². The molecule has 4 aliphatic carbocycles. The number of carbonyl (C=O) groups excluding carboxylic acids is 2. The van der Waals surface area contributed by atoms with Crippen molar-refractivity contribution in [3.8, 4) is 0 Å². The molecule has 4 aliphatic rings. The number of ether oxygens (including phenoxy) is 1. The van der Waals surface area contributed by atoms with Crippen molar-refractivity contribution in [3.63, 3.8) is 0 Å². The van der Waals surface area contributed by atoms with Crippen molar-refractivity contribution >= 4 is 11.9 Å². The van der Waals surface area contributed by atoms with Gasteiger partial charge in [0.05, 0.1) is 6.61 Å². The van der Waals surface area contributed by atoms with Crippen LogP contribution in [0.15, 0.2) is 0 Å². The third-order valence-electron chi connectivity index (χ3n) is 5.25. The Balaban J connectivity index is 1.65. The van der Waals surface area contributed by atoms with Crippen LogP contribution >= 0.6 is 0 Å². The van der Waals surface area contributed by atoms with Gasteiger partial charge >= 0.3 is 5.97 Å². The molecule has 0 aromatic rings. The predicted octanol–water partition coefficient (Wildman–Crippen LogP) is 0.962. The van der Waals surface area contributed by atoms with Gasteiger partial charge in [0.2, 0.25) is 5.91 Å². The Labute approximate surface area is 119 Å². The smallest absolute Gasteiger partial charge is 0.332 e. The SMILES string of the molecule is CCOC(=O)C(N)C(=O)NC12CC3CC(CC(C3)C1)C2. The van der Waals surface area contributed by atoms with Crippen molar-refractivity contribution in [3.05, 3.63) is 0 Å². The summed E-state index contributed by atoms with van der Waals surface area (Å²) in [6.07, 6.45) is 7.12. The maximum atomic E-state index is 12.2. The van der Waals surface area contributed by atoms with Crippen LogP contribution in [0, 0.1) is 17.8 Å². The van der Waals surface area contributed by atoms with E-state index in [2.05, 4.69) is 5.32 Å². The second-order valence-corrected chi connectivity index (χ2v) is 6.92. The van der Waals surface area contributed by atoms with Crippen LogP contribution in [0.25, 0.3) is 0 Å². The van der Waals surface area contributed by atoms with Gasteiger partial charge in [-0.25, -0.2) is 4.79 Å². The minimum Gasteiger partial charge on any atom is -0.464 e. The zero-order valence-electron chi connectivity index (χ0n) is 12.1. The van der Waals surface area contributed by atoms with E-state index in [4.69, 9.17) is 10.5 Å². The first-order valence-electron chi connectivity index (χ1n) is 7.75. The van der Waals surface area contributed by atoms with E-state index in [1.54, 1.807) is 6.92 Å². The van der Waals surface area contributed by atoms with Crippen LogP contribution in [0.1, 0.15) is 45.4 Å². The van der Waals surface area contributed by atoms with Crippen LogP contribution in [0.3, 0.4) is 0 Å². The average Bonchev–Trinajstić information content (AvgIpc) is 2.35. The first-order valence-corrected chi connectivity index (χ1v) is 7.75. The molecular formula is C15H24N2O3. The first-order chi connectivity index (χ1) is 9.51. The number of amides is 1. The van der Waals surface area contributed by atoms with Gasteiger partial charge in [-0.15, -0.1) is 0 Å². The van der Waals surface area contributed by atoms with Gasteiger partial charge in [-0.2, -0.15) is 0 Å². The molecule has 0 spiro atoms. The highest BCUT2D eigenvalue weighted by Gasteiger charge is 2.52. The topological polar surface area (TPSA) is 81.4 Å². The Hall–Kier alpha value is -1.10. The van der Waals surface area contributed by atoms with E-state index in [0.717, 1.165) is 37.0 Å². The Morgan fingerprint density at radius 2 is 1.70 bits per heavy atom. The minimum absolute atomic E-state index is 0.101. The lowest BCUT2D eigenvalue weighted by atomic mass is 9.53. The first kappa shape index (κ1) is 13.9. The van der Waals surface area contributed by atoms with Crippen molar-refractivity contribution in [2.75, 3.05) is 6.61 Å². The van der Waals surface area contributed by atoms with E-state index in [-0.39, 0.29) is 18.1 Å². The average molecular weight is 280 g/mol. The van der Waals surface area contributed by atoms with Crippen LogP contribution in [-0.4, -0.2) is 30.1 Å². The van der Waals surface area contributed by atoms with Crippen molar-refractivity contribution in [2.45, 2.75) is 57.0 Å². The molecule has 0 aromatic carbocycles. The number of hydrogen-bond acceptors (Lipinski definition) is 4. The Morgan fingerprint density at radius 1 is 1.20 bits per heavy atom. The summed E-state index contributed by atoms with van der Waals surface area (Å²) < 4.78 is 4.82. The standard InChI is InChI=1S/C15H24N2O3/c1-2-20-14(19)12(16)13(18)17-15-6-9-3-10(7-15)5-11(4-9)8-15/h9-12H,2-8,16H2,1H3,(H,17,18). The monoisotopic (exact) mass is 280 g/mol. The fourth-order valence-corrected chi connectivity index (χ4v) is 4.94. The normalized spacial score (nSPS) is 39.4. The summed E-state index contributed by atoms with van der Waals surface area (Å²) in [4.78, 5) is 23.8. The van der Waals surface area contributed by atoms with Gasteiger partial charge in [0.1, 0.15) is 0 Å². The lowest BCUT2D eigenvalue weighted by Crippen LogP contribution is -2.63. The van der Waals surface area contributed by atoms with Crippen LogP contribution in [0.4, 0.5) is 0 Å². The Bertz CT molecular complexity index is 386. The van der Waals surface area contributed by atoms with E-state index in [0.29, 0.717) is 0 Å². The zero-order valence-corrected chi connectivity index (χ0v) is 12.1. The fourth-order valence-electron chi connectivity index (χ4n) is 4.94. The Morgan fingerprint density at radius 3 is 2.15 bits per heavy atom. The zero-order chi connectivity index (χ0) is 14.3. The number of esters is 1. The number of hydrogen-bond donors (Lipinski definition) is 2. The van der Waals surface area contributed by atoms with Crippen LogP contribution < -0.4 is 11.1 Å². The molecule has 20 heavy (non-hydrogen) atoms. The molecule has 1 unspecified atom stereocenters. The minimum atomic E-state index is -1.19. The molecule has 1 atom stereocenters. The van der Waals surface area contributed by atoms with E-state index in [1.165, 1.54) is 19.3 Å². The molecule has 4 saturated carbocycles. The molecule has 5 heteroatoms.